The van der Waals surface area contributed by atoms with Crippen LogP contribution in [0, 0.1) is 18.7 Å². The van der Waals surface area contributed by atoms with Crippen molar-refractivity contribution in [3.05, 3.63) is 29.1 Å². The van der Waals surface area contributed by atoms with Crippen LogP contribution >= 0.6 is 0 Å². The lowest BCUT2D eigenvalue weighted by molar-refractivity contribution is 0.199. The van der Waals surface area contributed by atoms with E-state index in [9.17, 15) is 9.50 Å². The summed E-state index contributed by atoms with van der Waals surface area (Å²) in [6, 6.07) is 3.33. The highest BCUT2D eigenvalue weighted by Crippen LogP contribution is 2.31. The molecule has 0 bridgehead atoms. The third-order valence-electron chi connectivity index (χ3n) is 4.18. The van der Waals surface area contributed by atoms with Crippen LogP contribution in [0.5, 0.6) is 0 Å². The highest BCUT2D eigenvalue weighted by molar-refractivity contribution is 5.56. The number of aliphatic hydroxyl groups excluding tert-OH is 1. The molecule has 1 saturated carbocycles. The van der Waals surface area contributed by atoms with Gasteiger partial charge < -0.3 is 10.0 Å². The van der Waals surface area contributed by atoms with Crippen LogP contribution in [-0.2, 0) is 0 Å². The summed E-state index contributed by atoms with van der Waals surface area (Å²) in [6.45, 7) is 4.45. The fourth-order valence-corrected chi connectivity index (χ4v) is 3.03. The zero-order chi connectivity index (χ0) is 14.0. The lowest BCUT2D eigenvalue weighted by Crippen LogP contribution is -2.25. The molecule has 0 aromatic heterocycles. The molecule has 2 rings (SSSR count). The first-order valence-corrected chi connectivity index (χ1v) is 7.18. The minimum atomic E-state index is -0.642. The Morgan fingerprint density at radius 3 is 2.58 bits per heavy atom. The van der Waals surface area contributed by atoms with Crippen molar-refractivity contribution in [2.75, 3.05) is 18.5 Å². The van der Waals surface area contributed by atoms with Crippen molar-refractivity contribution in [1.29, 1.82) is 0 Å². The maximum absolute atomic E-state index is 13.7. The van der Waals surface area contributed by atoms with Gasteiger partial charge in [0, 0.05) is 24.8 Å². The molecule has 1 aromatic rings. The summed E-state index contributed by atoms with van der Waals surface area (Å²) in [5, 5.41) is 9.84. The van der Waals surface area contributed by atoms with Gasteiger partial charge in [-0.2, -0.15) is 0 Å². The molecule has 19 heavy (non-hydrogen) atoms. The average molecular weight is 265 g/mol. The second-order valence-electron chi connectivity index (χ2n) is 5.87. The predicted molar refractivity (Wildman–Crippen MR) is 77.0 cm³/mol. The first kappa shape index (κ1) is 14.3. The molecule has 0 unspecified atom stereocenters. The van der Waals surface area contributed by atoms with Gasteiger partial charge in [-0.25, -0.2) is 4.39 Å². The van der Waals surface area contributed by atoms with Crippen LogP contribution in [0.3, 0.4) is 0 Å². The van der Waals surface area contributed by atoms with Crippen molar-refractivity contribution < 1.29 is 9.50 Å². The fourth-order valence-electron chi connectivity index (χ4n) is 3.03. The summed E-state index contributed by atoms with van der Waals surface area (Å²) < 4.78 is 13.7. The highest BCUT2D eigenvalue weighted by atomic mass is 19.1. The van der Waals surface area contributed by atoms with Crippen LogP contribution < -0.4 is 4.90 Å². The molecular formula is C16H24FNO. The van der Waals surface area contributed by atoms with Crippen molar-refractivity contribution in [2.45, 2.75) is 45.6 Å². The summed E-state index contributed by atoms with van der Waals surface area (Å²) in [5.74, 6) is 0.492. The van der Waals surface area contributed by atoms with Crippen LogP contribution in [-0.4, -0.2) is 18.7 Å². The standard InChI is InChI=1S/C16H24FNO/c1-11-8-16(14(12(2)19)9-15(11)17)18(3)10-13-6-4-5-7-13/h8-9,12-13,19H,4-7,10H2,1-3H3/t12-/m0/s1. The zero-order valence-corrected chi connectivity index (χ0v) is 12.1. The molecule has 3 heteroatoms. The number of hydrogen-bond acceptors (Lipinski definition) is 2. The molecule has 2 nitrogen and oxygen atoms in total. The molecule has 1 aliphatic carbocycles. The Labute approximate surface area is 115 Å². The van der Waals surface area contributed by atoms with E-state index in [2.05, 4.69) is 4.90 Å². The van der Waals surface area contributed by atoms with Crippen molar-refractivity contribution in [1.82, 2.24) is 0 Å². The van der Waals surface area contributed by atoms with Gasteiger partial charge in [0.1, 0.15) is 5.82 Å². The van der Waals surface area contributed by atoms with E-state index in [1.165, 1.54) is 31.7 Å². The summed E-state index contributed by atoms with van der Waals surface area (Å²) in [5.41, 5.74) is 2.28. The maximum Gasteiger partial charge on any atom is 0.126 e. The molecular weight excluding hydrogens is 241 g/mol. The Bertz CT molecular complexity index is 439. The second-order valence-corrected chi connectivity index (χ2v) is 5.87. The molecule has 1 aliphatic rings. The van der Waals surface area contributed by atoms with Gasteiger partial charge in [-0.05, 0) is 50.3 Å². The number of rotatable bonds is 4. The quantitative estimate of drug-likeness (QED) is 0.894. The van der Waals surface area contributed by atoms with Gasteiger partial charge >= 0.3 is 0 Å². The van der Waals surface area contributed by atoms with E-state index in [0.29, 0.717) is 11.1 Å². The van der Waals surface area contributed by atoms with E-state index in [1.54, 1.807) is 13.8 Å². The molecule has 0 aliphatic heterocycles. The summed E-state index contributed by atoms with van der Waals surface area (Å²) in [4.78, 5) is 2.17. The van der Waals surface area contributed by atoms with E-state index in [-0.39, 0.29) is 5.82 Å². The van der Waals surface area contributed by atoms with Crippen molar-refractivity contribution in [3.8, 4) is 0 Å². The van der Waals surface area contributed by atoms with Crippen LogP contribution in [0.1, 0.15) is 49.8 Å². The molecule has 106 valence electrons. The number of aliphatic hydroxyl groups is 1. The predicted octanol–water partition coefficient (Wildman–Crippen LogP) is 3.81. The molecule has 1 fully saturated rings. The minimum Gasteiger partial charge on any atom is -0.389 e. The molecule has 0 spiro atoms. The van der Waals surface area contributed by atoms with Gasteiger partial charge in [0.15, 0.2) is 0 Å². The SMILES string of the molecule is Cc1cc(N(C)CC2CCCC2)c([C@H](C)O)cc1F. The molecule has 0 radical (unpaired) electrons. The lowest BCUT2D eigenvalue weighted by atomic mass is 10.0. The number of aryl methyl sites for hydroxylation is 1. The van der Waals surface area contributed by atoms with Crippen molar-refractivity contribution in [3.63, 3.8) is 0 Å². The first-order chi connectivity index (χ1) is 8.99. The zero-order valence-electron chi connectivity index (χ0n) is 12.1. The lowest BCUT2D eigenvalue weighted by Gasteiger charge is -2.27. The number of hydrogen-bond donors (Lipinski definition) is 1. The molecule has 1 atom stereocenters. The Morgan fingerprint density at radius 2 is 2.00 bits per heavy atom. The number of halogens is 1. The minimum absolute atomic E-state index is 0.242. The Kier molecular flexibility index (Phi) is 4.46. The van der Waals surface area contributed by atoms with Gasteiger partial charge in [0.05, 0.1) is 6.10 Å². The Morgan fingerprint density at radius 1 is 1.37 bits per heavy atom. The van der Waals surface area contributed by atoms with Gasteiger partial charge in [-0.15, -0.1) is 0 Å². The molecule has 0 amide bonds. The van der Waals surface area contributed by atoms with Crippen LogP contribution in [0.15, 0.2) is 12.1 Å². The molecule has 1 aromatic carbocycles. The van der Waals surface area contributed by atoms with Crippen LogP contribution in [0.4, 0.5) is 10.1 Å². The van der Waals surface area contributed by atoms with E-state index >= 15 is 0 Å². The summed E-state index contributed by atoms with van der Waals surface area (Å²) in [6.07, 6.45) is 4.58. The number of benzene rings is 1. The molecule has 1 N–H and O–H groups in total. The number of anilines is 1. The molecule has 0 heterocycles. The summed E-state index contributed by atoms with van der Waals surface area (Å²) in [7, 11) is 2.04. The maximum atomic E-state index is 13.7. The van der Waals surface area contributed by atoms with E-state index in [0.717, 1.165) is 18.2 Å². The van der Waals surface area contributed by atoms with Crippen molar-refractivity contribution in [2.24, 2.45) is 5.92 Å². The van der Waals surface area contributed by atoms with Crippen LogP contribution in [0.2, 0.25) is 0 Å². The fraction of sp³-hybridized carbons (Fsp3) is 0.625. The number of nitrogens with zero attached hydrogens (tertiary/aromatic N) is 1. The highest BCUT2D eigenvalue weighted by Gasteiger charge is 2.20. The third-order valence-corrected chi connectivity index (χ3v) is 4.18. The Balaban J connectivity index is 2.23. The van der Waals surface area contributed by atoms with E-state index in [1.807, 2.05) is 13.1 Å². The Hall–Kier alpha value is -1.09. The largest absolute Gasteiger partial charge is 0.389 e. The van der Waals surface area contributed by atoms with Gasteiger partial charge in [-0.3, -0.25) is 0 Å². The third kappa shape index (κ3) is 3.27. The first-order valence-electron chi connectivity index (χ1n) is 7.18. The summed E-state index contributed by atoms with van der Waals surface area (Å²) >= 11 is 0. The van der Waals surface area contributed by atoms with Crippen molar-refractivity contribution >= 4 is 5.69 Å². The smallest absolute Gasteiger partial charge is 0.126 e. The monoisotopic (exact) mass is 265 g/mol. The second kappa shape index (κ2) is 5.91. The van der Waals surface area contributed by atoms with Gasteiger partial charge in [0.2, 0.25) is 0 Å². The van der Waals surface area contributed by atoms with Gasteiger partial charge in [-0.1, -0.05) is 12.8 Å². The van der Waals surface area contributed by atoms with Crippen LogP contribution in [0.25, 0.3) is 0 Å². The average Bonchev–Trinajstić information content (AvgIpc) is 2.84. The molecule has 0 saturated heterocycles. The van der Waals surface area contributed by atoms with E-state index < -0.39 is 6.10 Å². The normalized spacial score (nSPS) is 17.7. The van der Waals surface area contributed by atoms with E-state index in [4.69, 9.17) is 0 Å². The topological polar surface area (TPSA) is 23.5 Å². The van der Waals surface area contributed by atoms with Gasteiger partial charge in [0.25, 0.3) is 0 Å².